The zero-order valence-corrected chi connectivity index (χ0v) is 21.9. The Balaban J connectivity index is 1.24. The van der Waals surface area contributed by atoms with Crippen LogP contribution in [0.3, 0.4) is 0 Å². The van der Waals surface area contributed by atoms with Gasteiger partial charge in [0, 0.05) is 37.3 Å². The maximum Gasteiger partial charge on any atom is 0.323 e. The van der Waals surface area contributed by atoms with Crippen LogP contribution in [0, 0.1) is 0 Å². The average molecular weight is 553 g/mol. The number of benzene rings is 3. The maximum absolute atomic E-state index is 12.7. The molecule has 0 unspecified atom stereocenters. The van der Waals surface area contributed by atoms with Crippen LogP contribution in [0.2, 0.25) is 10.0 Å². The third-order valence-corrected chi connectivity index (χ3v) is 7.07. The smallest absolute Gasteiger partial charge is 0.323 e. The van der Waals surface area contributed by atoms with Crippen molar-refractivity contribution in [2.45, 2.75) is 0 Å². The second kappa shape index (κ2) is 11.8. The van der Waals surface area contributed by atoms with Gasteiger partial charge in [-0.2, -0.15) is 5.10 Å². The summed E-state index contributed by atoms with van der Waals surface area (Å²) in [6.45, 7) is 4.52. The first-order valence-corrected chi connectivity index (χ1v) is 12.9. The van der Waals surface area contributed by atoms with Crippen molar-refractivity contribution < 1.29 is 14.3 Å². The Labute approximate surface area is 229 Å². The van der Waals surface area contributed by atoms with E-state index in [2.05, 4.69) is 31.0 Å². The standard InChI is InChI=1S/C27H26Cl2N6O3/c28-21-5-2-6-22(24(21)29)32-27(37)31-19-4-1-3-17(15-19)18-7-8-20-23(16-18)33-34-25(20)26(36)30-9-10-35-11-13-38-14-12-35/h1-8,15-16H,9-14H2,(H,30,36)(H,33,34)(H2,31,32,37). The molecule has 1 aromatic heterocycles. The van der Waals surface area contributed by atoms with E-state index in [9.17, 15) is 9.59 Å². The van der Waals surface area contributed by atoms with Crippen LogP contribution in [0.4, 0.5) is 16.2 Å². The molecule has 3 aromatic carbocycles. The summed E-state index contributed by atoms with van der Waals surface area (Å²) in [4.78, 5) is 27.5. The first-order valence-electron chi connectivity index (χ1n) is 12.2. The molecule has 0 bridgehead atoms. The van der Waals surface area contributed by atoms with Crippen molar-refractivity contribution in [3.8, 4) is 11.1 Å². The summed E-state index contributed by atoms with van der Waals surface area (Å²) in [6, 6.07) is 17.7. The van der Waals surface area contributed by atoms with E-state index in [4.69, 9.17) is 27.9 Å². The number of aromatic nitrogens is 2. The Morgan fingerprint density at radius 2 is 1.76 bits per heavy atom. The molecule has 5 rings (SSSR count). The Hall–Kier alpha value is -3.63. The van der Waals surface area contributed by atoms with Crippen LogP contribution < -0.4 is 16.0 Å². The number of nitrogens with zero attached hydrogens (tertiary/aromatic N) is 2. The monoisotopic (exact) mass is 552 g/mol. The Morgan fingerprint density at radius 1 is 0.974 bits per heavy atom. The first kappa shape index (κ1) is 26.0. The fourth-order valence-electron chi connectivity index (χ4n) is 4.27. The molecule has 2 heterocycles. The Morgan fingerprint density at radius 3 is 2.61 bits per heavy atom. The number of ether oxygens (including phenoxy) is 1. The average Bonchev–Trinajstić information content (AvgIpc) is 3.35. The molecular formula is C27H26Cl2N6O3. The molecule has 4 aromatic rings. The SMILES string of the molecule is O=C(Nc1cccc(-c2ccc3c(C(=O)NCCN4CCOCC4)n[nH]c3c2)c1)Nc1cccc(Cl)c1Cl. The molecule has 1 aliphatic rings. The highest BCUT2D eigenvalue weighted by Gasteiger charge is 2.16. The van der Waals surface area contributed by atoms with Crippen LogP contribution >= 0.6 is 23.2 Å². The van der Waals surface area contributed by atoms with Gasteiger partial charge in [-0.1, -0.05) is 47.5 Å². The van der Waals surface area contributed by atoms with Crippen LogP contribution in [0.1, 0.15) is 10.5 Å². The molecule has 0 atom stereocenters. The zero-order valence-electron chi connectivity index (χ0n) is 20.4. The van der Waals surface area contributed by atoms with Crippen LogP contribution in [-0.2, 0) is 4.74 Å². The normalized spacial score (nSPS) is 13.8. The molecule has 0 aliphatic carbocycles. The first-order chi connectivity index (χ1) is 18.5. The number of anilines is 2. The number of nitrogens with one attached hydrogen (secondary N) is 4. The van der Waals surface area contributed by atoms with Crippen LogP contribution in [0.25, 0.3) is 22.0 Å². The van der Waals surface area contributed by atoms with E-state index in [0.717, 1.165) is 54.9 Å². The fraction of sp³-hybridized carbons (Fsp3) is 0.222. The number of urea groups is 1. The summed E-state index contributed by atoms with van der Waals surface area (Å²) >= 11 is 12.2. The summed E-state index contributed by atoms with van der Waals surface area (Å²) in [7, 11) is 0. The topological polar surface area (TPSA) is 111 Å². The third-order valence-electron chi connectivity index (χ3n) is 6.25. The van der Waals surface area contributed by atoms with Gasteiger partial charge in [-0.3, -0.25) is 14.8 Å². The van der Waals surface area contributed by atoms with Gasteiger partial charge in [0.25, 0.3) is 5.91 Å². The van der Waals surface area contributed by atoms with Crippen molar-refractivity contribution in [3.63, 3.8) is 0 Å². The minimum Gasteiger partial charge on any atom is -0.379 e. The number of aromatic amines is 1. The second-order valence-electron chi connectivity index (χ2n) is 8.80. The molecule has 196 valence electrons. The molecule has 0 radical (unpaired) electrons. The number of amides is 3. The highest BCUT2D eigenvalue weighted by molar-refractivity contribution is 6.44. The molecule has 11 heteroatoms. The van der Waals surface area contributed by atoms with Crippen LogP contribution in [0.5, 0.6) is 0 Å². The van der Waals surface area contributed by atoms with E-state index in [1.807, 2.05) is 36.4 Å². The molecule has 0 spiro atoms. The Kier molecular flexibility index (Phi) is 8.09. The lowest BCUT2D eigenvalue weighted by Crippen LogP contribution is -2.41. The summed E-state index contributed by atoms with van der Waals surface area (Å²) < 4.78 is 5.36. The summed E-state index contributed by atoms with van der Waals surface area (Å²) in [5.74, 6) is -0.214. The third kappa shape index (κ3) is 6.08. The van der Waals surface area contributed by atoms with Gasteiger partial charge in [-0.15, -0.1) is 0 Å². The minimum atomic E-state index is -0.445. The number of H-pyrrole nitrogens is 1. The van der Waals surface area contributed by atoms with E-state index in [1.54, 1.807) is 24.3 Å². The van der Waals surface area contributed by atoms with Gasteiger partial charge in [-0.05, 0) is 47.5 Å². The predicted molar refractivity (Wildman–Crippen MR) is 150 cm³/mol. The summed E-state index contributed by atoms with van der Waals surface area (Å²) in [5, 5.41) is 17.1. The lowest BCUT2D eigenvalue weighted by Gasteiger charge is -2.26. The molecule has 4 N–H and O–H groups in total. The second-order valence-corrected chi connectivity index (χ2v) is 9.59. The van der Waals surface area contributed by atoms with E-state index in [0.29, 0.717) is 28.6 Å². The van der Waals surface area contributed by atoms with Gasteiger partial charge < -0.3 is 20.7 Å². The highest BCUT2D eigenvalue weighted by atomic mass is 35.5. The van der Waals surface area contributed by atoms with Crippen LogP contribution in [0.15, 0.2) is 60.7 Å². The molecule has 1 saturated heterocycles. The zero-order chi connectivity index (χ0) is 26.5. The number of rotatable bonds is 7. The number of fused-ring (bicyclic) bond motifs is 1. The molecule has 3 amide bonds. The van der Waals surface area contributed by atoms with Gasteiger partial charge in [-0.25, -0.2) is 4.79 Å². The molecule has 9 nitrogen and oxygen atoms in total. The Bertz CT molecular complexity index is 1470. The van der Waals surface area contributed by atoms with E-state index in [-0.39, 0.29) is 10.9 Å². The lowest BCUT2D eigenvalue weighted by atomic mass is 10.0. The molecule has 1 fully saturated rings. The predicted octanol–water partition coefficient (Wildman–Crippen LogP) is 5.24. The van der Waals surface area contributed by atoms with Crippen molar-refractivity contribution in [2.24, 2.45) is 0 Å². The minimum absolute atomic E-state index is 0.214. The number of hydrogen-bond acceptors (Lipinski definition) is 5. The molecule has 1 aliphatic heterocycles. The van der Waals surface area contributed by atoms with E-state index in [1.165, 1.54) is 0 Å². The quantitative estimate of drug-likeness (QED) is 0.250. The van der Waals surface area contributed by atoms with Gasteiger partial charge in [0.15, 0.2) is 5.69 Å². The highest BCUT2D eigenvalue weighted by Crippen LogP contribution is 2.30. The van der Waals surface area contributed by atoms with Crippen molar-refractivity contribution in [1.29, 1.82) is 0 Å². The molecule has 38 heavy (non-hydrogen) atoms. The number of halogens is 2. The number of morpholine rings is 1. The fourth-order valence-corrected chi connectivity index (χ4v) is 4.62. The van der Waals surface area contributed by atoms with E-state index < -0.39 is 6.03 Å². The summed E-state index contributed by atoms with van der Waals surface area (Å²) in [6.07, 6.45) is 0. The van der Waals surface area contributed by atoms with Gasteiger partial charge in [0.2, 0.25) is 0 Å². The number of hydrogen-bond donors (Lipinski definition) is 4. The maximum atomic E-state index is 12.7. The molecular weight excluding hydrogens is 527 g/mol. The van der Waals surface area contributed by atoms with Crippen molar-refractivity contribution in [1.82, 2.24) is 20.4 Å². The van der Waals surface area contributed by atoms with Crippen molar-refractivity contribution in [2.75, 3.05) is 50.0 Å². The van der Waals surface area contributed by atoms with Gasteiger partial charge >= 0.3 is 6.03 Å². The van der Waals surface area contributed by atoms with Crippen molar-refractivity contribution >= 4 is 57.4 Å². The largest absolute Gasteiger partial charge is 0.379 e. The van der Waals surface area contributed by atoms with Gasteiger partial charge in [0.1, 0.15) is 0 Å². The molecule has 0 saturated carbocycles. The van der Waals surface area contributed by atoms with E-state index >= 15 is 0 Å². The van der Waals surface area contributed by atoms with Crippen LogP contribution in [-0.4, -0.2) is 66.4 Å². The number of carbonyl (C=O) groups excluding carboxylic acids is 2. The van der Waals surface area contributed by atoms with Gasteiger partial charge in [0.05, 0.1) is 34.5 Å². The van der Waals surface area contributed by atoms with Crippen molar-refractivity contribution in [3.05, 3.63) is 76.4 Å². The number of carbonyl (C=O) groups is 2. The lowest BCUT2D eigenvalue weighted by molar-refractivity contribution is 0.0383. The summed E-state index contributed by atoms with van der Waals surface area (Å²) in [5.41, 5.74) is 3.91.